The molecule has 1 aromatic carbocycles. The lowest BCUT2D eigenvalue weighted by molar-refractivity contribution is -0.117. The van der Waals surface area contributed by atoms with Gasteiger partial charge in [-0.1, -0.05) is 18.2 Å². The van der Waals surface area contributed by atoms with E-state index in [0.29, 0.717) is 12.4 Å². The molecule has 1 aliphatic rings. The molecular formula is C21H26N4O2. The van der Waals surface area contributed by atoms with E-state index < -0.39 is 0 Å². The van der Waals surface area contributed by atoms with Gasteiger partial charge in [0.25, 0.3) is 5.91 Å². The van der Waals surface area contributed by atoms with Crippen molar-refractivity contribution in [2.24, 2.45) is 0 Å². The molecule has 0 radical (unpaired) electrons. The molecule has 1 aliphatic heterocycles. The Kier molecular flexibility index (Phi) is 6.19. The average Bonchev–Trinajstić information content (AvgIpc) is 3.18. The lowest BCUT2D eigenvalue weighted by Gasteiger charge is -2.17. The molecule has 1 fully saturated rings. The third-order valence-electron chi connectivity index (χ3n) is 4.64. The van der Waals surface area contributed by atoms with Crippen LogP contribution in [0, 0.1) is 6.92 Å². The number of likely N-dealkylation sites (tertiary alicyclic amines) is 1. The van der Waals surface area contributed by atoms with Crippen LogP contribution in [0.2, 0.25) is 0 Å². The highest BCUT2D eigenvalue weighted by Crippen LogP contribution is 2.14. The Labute approximate surface area is 160 Å². The predicted octanol–water partition coefficient (Wildman–Crippen LogP) is 2.70. The minimum atomic E-state index is -0.102. The number of amides is 2. The third kappa shape index (κ3) is 5.37. The summed E-state index contributed by atoms with van der Waals surface area (Å²) in [6, 6.07) is 11.4. The number of hydrogen-bond donors (Lipinski definition) is 1. The van der Waals surface area contributed by atoms with Crippen LogP contribution >= 0.6 is 0 Å². The zero-order valence-corrected chi connectivity index (χ0v) is 15.9. The van der Waals surface area contributed by atoms with Crippen LogP contribution in [0.4, 0.5) is 5.82 Å². The normalized spacial score (nSPS) is 13.8. The Hall–Kier alpha value is -2.73. The quantitative estimate of drug-likeness (QED) is 0.854. The SMILES string of the molecule is Cc1ccc(NC(=O)CN(C)Cc2ccc(C(=O)N3CCCC3)cc2)nc1. The van der Waals surface area contributed by atoms with Crippen LogP contribution in [0.3, 0.4) is 0 Å². The molecule has 1 N–H and O–H groups in total. The molecular weight excluding hydrogens is 340 g/mol. The van der Waals surface area contributed by atoms with Crippen molar-refractivity contribution in [1.82, 2.24) is 14.8 Å². The Morgan fingerprint density at radius 1 is 1.11 bits per heavy atom. The predicted molar refractivity (Wildman–Crippen MR) is 106 cm³/mol. The Morgan fingerprint density at radius 3 is 2.44 bits per heavy atom. The first-order chi connectivity index (χ1) is 13.0. The number of nitrogens with one attached hydrogen (secondary N) is 1. The second-order valence-corrected chi connectivity index (χ2v) is 7.14. The topological polar surface area (TPSA) is 65.5 Å². The van der Waals surface area contributed by atoms with E-state index in [0.717, 1.165) is 42.6 Å². The van der Waals surface area contributed by atoms with E-state index in [1.807, 2.05) is 54.1 Å². The fourth-order valence-electron chi connectivity index (χ4n) is 3.19. The number of aryl methyl sites for hydroxylation is 1. The number of carbonyl (C=O) groups is 2. The number of aromatic nitrogens is 1. The molecule has 0 spiro atoms. The van der Waals surface area contributed by atoms with Gasteiger partial charge in [-0.25, -0.2) is 4.98 Å². The number of nitrogens with zero attached hydrogens (tertiary/aromatic N) is 3. The van der Waals surface area contributed by atoms with Gasteiger partial charge in [0.2, 0.25) is 5.91 Å². The summed E-state index contributed by atoms with van der Waals surface area (Å²) in [5.41, 5.74) is 2.85. The van der Waals surface area contributed by atoms with Gasteiger partial charge in [-0.3, -0.25) is 14.5 Å². The van der Waals surface area contributed by atoms with Gasteiger partial charge in [-0.05, 0) is 56.1 Å². The minimum absolute atomic E-state index is 0.102. The molecule has 0 atom stereocenters. The zero-order valence-electron chi connectivity index (χ0n) is 15.9. The van der Waals surface area contributed by atoms with Crippen LogP contribution in [-0.2, 0) is 11.3 Å². The number of benzene rings is 1. The zero-order chi connectivity index (χ0) is 19.2. The maximum absolute atomic E-state index is 12.4. The molecule has 27 heavy (non-hydrogen) atoms. The van der Waals surface area contributed by atoms with E-state index >= 15 is 0 Å². The van der Waals surface area contributed by atoms with Gasteiger partial charge >= 0.3 is 0 Å². The number of rotatable bonds is 6. The van der Waals surface area contributed by atoms with Crippen molar-refractivity contribution in [3.8, 4) is 0 Å². The van der Waals surface area contributed by atoms with Gasteiger partial charge in [-0.15, -0.1) is 0 Å². The van der Waals surface area contributed by atoms with Crippen molar-refractivity contribution in [3.63, 3.8) is 0 Å². The van der Waals surface area contributed by atoms with Crippen LogP contribution in [0.25, 0.3) is 0 Å². The number of hydrogen-bond acceptors (Lipinski definition) is 4. The van der Waals surface area contributed by atoms with Crippen LogP contribution in [0.1, 0.15) is 34.3 Å². The first-order valence-electron chi connectivity index (χ1n) is 9.30. The summed E-state index contributed by atoms with van der Waals surface area (Å²) in [5.74, 6) is 0.566. The van der Waals surface area contributed by atoms with Crippen LogP contribution in [0.15, 0.2) is 42.6 Å². The lowest BCUT2D eigenvalue weighted by atomic mass is 10.1. The number of likely N-dealkylation sites (N-methyl/N-ethyl adjacent to an activating group) is 1. The molecule has 0 saturated carbocycles. The number of pyridine rings is 1. The standard InChI is InChI=1S/C21H26N4O2/c1-16-5-10-19(22-13-16)23-20(26)15-24(2)14-17-6-8-18(9-7-17)21(27)25-11-3-4-12-25/h5-10,13H,3-4,11-12,14-15H2,1-2H3,(H,22,23,26). The van der Waals surface area contributed by atoms with Crippen molar-refractivity contribution in [3.05, 3.63) is 59.3 Å². The lowest BCUT2D eigenvalue weighted by Crippen LogP contribution is -2.30. The fraction of sp³-hybridized carbons (Fsp3) is 0.381. The number of anilines is 1. The molecule has 6 heteroatoms. The highest BCUT2D eigenvalue weighted by atomic mass is 16.2. The van der Waals surface area contributed by atoms with E-state index in [1.54, 1.807) is 12.3 Å². The molecule has 2 heterocycles. The van der Waals surface area contributed by atoms with Crippen molar-refractivity contribution in [2.45, 2.75) is 26.3 Å². The maximum Gasteiger partial charge on any atom is 0.253 e. The molecule has 2 aromatic rings. The van der Waals surface area contributed by atoms with Gasteiger partial charge in [0.05, 0.1) is 6.54 Å². The van der Waals surface area contributed by atoms with E-state index in [9.17, 15) is 9.59 Å². The smallest absolute Gasteiger partial charge is 0.253 e. The van der Waals surface area contributed by atoms with Crippen LogP contribution < -0.4 is 5.32 Å². The van der Waals surface area contributed by atoms with Crippen LogP contribution in [0.5, 0.6) is 0 Å². The van der Waals surface area contributed by atoms with Crippen molar-refractivity contribution >= 4 is 17.6 Å². The molecule has 2 amide bonds. The van der Waals surface area contributed by atoms with E-state index in [-0.39, 0.29) is 18.4 Å². The van der Waals surface area contributed by atoms with Crippen LogP contribution in [-0.4, -0.2) is 53.3 Å². The summed E-state index contributed by atoms with van der Waals surface area (Å²) < 4.78 is 0. The summed E-state index contributed by atoms with van der Waals surface area (Å²) >= 11 is 0. The Bertz CT molecular complexity index is 781. The van der Waals surface area contributed by atoms with Gasteiger partial charge in [0.15, 0.2) is 0 Å². The molecule has 0 unspecified atom stereocenters. The van der Waals surface area contributed by atoms with Crippen molar-refractivity contribution in [1.29, 1.82) is 0 Å². The Morgan fingerprint density at radius 2 is 1.81 bits per heavy atom. The van der Waals surface area contributed by atoms with Crippen molar-refractivity contribution < 1.29 is 9.59 Å². The second kappa shape index (κ2) is 8.77. The highest BCUT2D eigenvalue weighted by molar-refractivity contribution is 5.94. The van der Waals surface area contributed by atoms with E-state index in [4.69, 9.17) is 0 Å². The summed E-state index contributed by atoms with van der Waals surface area (Å²) in [6.07, 6.45) is 3.91. The first-order valence-corrected chi connectivity index (χ1v) is 9.30. The van der Waals surface area contributed by atoms with E-state index in [1.165, 1.54) is 0 Å². The van der Waals surface area contributed by atoms with Gasteiger partial charge < -0.3 is 10.2 Å². The monoisotopic (exact) mass is 366 g/mol. The van der Waals surface area contributed by atoms with E-state index in [2.05, 4.69) is 10.3 Å². The van der Waals surface area contributed by atoms with Gasteiger partial charge in [0.1, 0.15) is 5.82 Å². The molecule has 1 saturated heterocycles. The average molecular weight is 366 g/mol. The van der Waals surface area contributed by atoms with Gasteiger partial charge in [0, 0.05) is 31.4 Å². The van der Waals surface area contributed by atoms with Gasteiger partial charge in [-0.2, -0.15) is 0 Å². The fourth-order valence-corrected chi connectivity index (χ4v) is 3.19. The summed E-state index contributed by atoms with van der Waals surface area (Å²) in [7, 11) is 1.89. The molecule has 142 valence electrons. The molecule has 3 rings (SSSR count). The molecule has 0 bridgehead atoms. The first kappa shape index (κ1) is 19.0. The molecule has 1 aromatic heterocycles. The number of carbonyl (C=O) groups excluding carboxylic acids is 2. The summed E-state index contributed by atoms with van der Waals surface area (Å²) in [5, 5.41) is 2.80. The summed E-state index contributed by atoms with van der Waals surface area (Å²) in [6.45, 7) is 4.57. The Balaban J connectivity index is 1.49. The third-order valence-corrected chi connectivity index (χ3v) is 4.64. The molecule has 6 nitrogen and oxygen atoms in total. The summed E-state index contributed by atoms with van der Waals surface area (Å²) in [4.78, 5) is 32.5. The maximum atomic E-state index is 12.4. The minimum Gasteiger partial charge on any atom is -0.339 e. The highest BCUT2D eigenvalue weighted by Gasteiger charge is 2.19. The largest absolute Gasteiger partial charge is 0.339 e. The van der Waals surface area contributed by atoms with Crippen molar-refractivity contribution in [2.75, 3.05) is 32.0 Å². The second-order valence-electron chi connectivity index (χ2n) is 7.14. The molecule has 0 aliphatic carbocycles.